The molecule has 1 N–H and O–H groups in total. The molecule has 9 nitrogen and oxygen atoms in total. The van der Waals surface area contributed by atoms with E-state index >= 15 is 0 Å². The average Bonchev–Trinajstić information content (AvgIpc) is 3.71. The van der Waals surface area contributed by atoms with Crippen molar-refractivity contribution in [3.63, 3.8) is 0 Å². The van der Waals surface area contributed by atoms with Crippen LogP contribution in [0.25, 0.3) is 0 Å². The van der Waals surface area contributed by atoms with Gasteiger partial charge in [0.25, 0.3) is 0 Å². The van der Waals surface area contributed by atoms with Gasteiger partial charge >= 0.3 is 0 Å². The van der Waals surface area contributed by atoms with Gasteiger partial charge < -0.3 is 24.0 Å². The van der Waals surface area contributed by atoms with Crippen LogP contribution in [0, 0.1) is 6.92 Å². The normalized spacial score (nSPS) is 15.2. The third-order valence-corrected chi connectivity index (χ3v) is 7.82. The van der Waals surface area contributed by atoms with Gasteiger partial charge in [-0.25, -0.2) is 0 Å². The molecule has 2 aromatic carbocycles. The number of hydrogen-bond donors (Lipinski definition) is 1. The molecule has 0 bridgehead atoms. The van der Waals surface area contributed by atoms with E-state index in [2.05, 4.69) is 59.3 Å². The van der Waals surface area contributed by atoms with Gasteiger partial charge in [0.1, 0.15) is 24.8 Å². The maximum absolute atomic E-state index is 6.62. The summed E-state index contributed by atoms with van der Waals surface area (Å²) < 4.78 is 17.7. The number of hydrazone groups is 1. The van der Waals surface area contributed by atoms with E-state index in [0.29, 0.717) is 41.5 Å². The number of anilines is 3. The summed E-state index contributed by atoms with van der Waals surface area (Å²) in [7, 11) is 1.59. The van der Waals surface area contributed by atoms with Crippen molar-refractivity contribution in [3.05, 3.63) is 58.1 Å². The number of rotatable bonds is 12. The van der Waals surface area contributed by atoms with Gasteiger partial charge in [-0.15, -0.1) is 0 Å². The topological polar surface area (TPSA) is 84.3 Å². The molecule has 0 atom stereocenters. The summed E-state index contributed by atoms with van der Waals surface area (Å²) in [5.74, 6) is 4.62. The van der Waals surface area contributed by atoms with Crippen molar-refractivity contribution in [3.8, 4) is 17.2 Å². The minimum atomic E-state index is 0.322. The third kappa shape index (κ3) is 7.37. The average molecular weight is 593 g/mol. The minimum absolute atomic E-state index is 0.322. The Balaban J connectivity index is 1.23. The summed E-state index contributed by atoms with van der Waals surface area (Å²) in [6, 6.07) is 11.9. The molecule has 42 heavy (non-hydrogen) atoms. The highest BCUT2D eigenvalue weighted by atomic mass is 35.5. The molecule has 224 valence electrons. The van der Waals surface area contributed by atoms with Crippen molar-refractivity contribution < 1.29 is 14.2 Å². The van der Waals surface area contributed by atoms with E-state index in [1.807, 2.05) is 12.1 Å². The van der Waals surface area contributed by atoms with E-state index in [1.165, 1.54) is 31.2 Å². The van der Waals surface area contributed by atoms with Crippen LogP contribution in [0.4, 0.5) is 17.6 Å². The number of hydrogen-bond acceptors (Lipinski definition) is 9. The highest BCUT2D eigenvalue weighted by molar-refractivity contribution is 6.32. The zero-order valence-electron chi connectivity index (χ0n) is 25.0. The Morgan fingerprint density at radius 3 is 2.36 bits per heavy atom. The number of benzene rings is 2. The highest BCUT2D eigenvalue weighted by Gasteiger charge is 2.20. The molecule has 10 heteroatoms. The highest BCUT2D eigenvalue weighted by Crippen LogP contribution is 2.36. The molecule has 3 heterocycles. The van der Waals surface area contributed by atoms with Crippen molar-refractivity contribution in [2.75, 3.05) is 61.7 Å². The Morgan fingerprint density at radius 2 is 1.64 bits per heavy atom. The summed E-state index contributed by atoms with van der Waals surface area (Å²) in [6.45, 7) is 11.1. The fourth-order valence-electron chi connectivity index (χ4n) is 5.31. The van der Waals surface area contributed by atoms with Gasteiger partial charge in [-0.3, -0.25) is 5.43 Å². The monoisotopic (exact) mass is 592 g/mol. The molecule has 2 saturated heterocycles. The molecule has 2 fully saturated rings. The van der Waals surface area contributed by atoms with E-state index in [1.54, 1.807) is 19.4 Å². The second-order valence-corrected chi connectivity index (χ2v) is 11.5. The minimum Gasteiger partial charge on any atom is -0.493 e. The van der Waals surface area contributed by atoms with Crippen LogP contribution in [-0.2, 0) is 0 Å². The number of nitrogens with one attached hydrogen (secondary N) is 1. The molecule has 0 aliphatic carbocycles. The van der Waals surface area contributed by atoms with Crippen molar-refractivity contribution in [2.45, 2.75) is 52.4 Å². The molecule has 5 rings (SSSR count). The third-order valence-electron chi connectivity index (χ3n) is 7.54. The SMILES string of the molecule is COc1cc(/C=N\Nc2cc(N3CCCC3)nc(N3CCCC3)n2)cc(Cl)c1OCCOc1cc(C)ccc1C(C)C. The predicted octanol–water partition coefficient (Wildman–Crippen LogP) is 6.67. The largest absolute Gasteiger partial charge is 0.493 e. The Hall–Kier alpha value is -3.72. The lowest BCUT2D eigenvalue weighted by atomic mass is 10.0. The summed E-state index contributed by atoms with van der Waals surface area (Å²) in [5.41, 5.74) is 6.20. The molecular formula is C32H41ClN6O3. The predicted molar refractivity (Wildman–Crippen MR) is 170 cm³/mol. The molecule has 0 saturated carbocycles. The van der Waals surface area contributed by atoms with Crippen LogP contribution in [0.1, 0.15) is 62.1 Å². The zero-order valence-corrected chi connectivity index (χ0v) is 25.8. The van der Waals surface area contributed by atoms with Gasteiger partial charge in [-0.1, -0.05) is 37.6 Å². The summed E-state index contributed by atoms with van der Waals surface area (Å²) in [6.07, 6.45) is 6.40. The molecule has 0 unspecified atom stereocenters. The Morgan fingerprint density at radius 1 is 0.929 bits per heavy atom. The molecule has 0 amide bonds. The van der Waals surface area contributed by atoms with Gasteiger partial charge in [-0.2, -0.15) is 15.1 Å². The quantitative estimate of drug-likeness (QED) is 0.142. The number of ether oxygens (including phenoxy) is 3. The lowest BCUT2D eigenvalue weighted by molar-refractivity contribution is 0.210. The second-order valence-electron chi connectivity index (χ2n) is 11.1. The van der Waals surface area contributed by atoms with E-state index in [0.717, 1.165) is 54.8 Å². The fourth-order valence-corrected chi connectivity index (χ4v) is 5.59. The first kappa shape index (κ1) is 29.8. The summed E-state index contributed by atoms with van der Waals surface area (Å²) in [4.78, 5) is 14.2. The van der Waals surface area contributed by atoms with Gasteiger partial charge in [0, 0.05) is 32.2 Å². The molecule has 1 aromatic heterocycles. The van der Waals surface area contributed by atoms with Crippen molar-refractivity contribution in [1.82, 2.24) is 9.97 Å². The number of aryl methyl sites for hydroxylation is 1. The summed E-state index contributed by atoms with van der Waals surface area (Å²) in [5, 5.41) is 4.89. The van der Waals surface area contributed by atoms with Gasteiger partial charge in [0.05, 0.1) is 18.3 Å². The first-order valence-electron chi connectivity index (χ1n) is 14.8. The maximum atomic E-state index is 6.62. The van der Waals surface area contributed by atoms with Crippen molar-refractivity contribution in [2.24, 2.45) is 5.10 Å². The first-order valence-corrected chi connectivity index (χ1v) is 15.2. The lowest BCUT2D eigenvalue weighted by Crippen LogP contribution is -2.24. The second kappa shape index (κ2) is 14.0. The molecule has 3 aromatic rings. The van der Waals surface area contributed by atoms with Gasteiger partial charge in [-0.05, 0) is 73.4 Å². The molecule has 2 aliphatic rings. The lowest BCUT2D eigenvalue weighted by Gasteiger charge is -2.21. The smallest absolute Gasteiger partial charge is 0.229 e. The van der Waals surface area contributed by atoms with Crippen LogP contribution in [-0.4, -0.2) is 62.7 Å². The zero-order chi connectivity index (χ0) is 29.5. The Kier molecular flexibility index (Phi) is 9.89. The number of aromatic nitrogens is 2. The van der Waals surface area contributed by atoms with Gasteiger partial charge in [0.2, 0.25) is 5.95 Å². The van der Waals surface area contributed by atoms with Crippen molar-refractivity contribution in [1.29, 1.82) is 0 Å². The number of nitrogens with zero attached hydrogens (tertiary/aromatic N) is 5. The van der Waals surface area contributed by atoms with Crippen LogP contribution in [0.5, 0.6) is 17.2 Å². The fraction of sp³-hybridized carbons (Fsp3) is 0.469. The number of halogens is 1. The first-order chi connectivity index (χ1) is 20.4. The molecule has 0 spiro atoms. The summed E-state index contributed by atoms with van der Waals surface area (Å²) >= 11 is 6.62. The Bertz CT molecular complexity index is 1350. The van der Waals surface area contributed by atoms with Crippen LogP contribution in [0.3, 0.4) is 0 Å². The van der Waals surface area contributed by atoms with E-state index in [-0.39, 0.29) is 0 Å². The van der Waals surface area contributed by atoms with E-state index in [9.17, 15) is 0 Å². The van der Waals surface area contributed by atoms with Crippen LogP contribution in [0.2, 0.25) is 5.02 Å². The van der Waals surface area contributed by atoms with E-state index in [4.69, 9.17) is 35.8 Å². The van der Waals surface area contributed by atoms with Crippen LogP contribution >= 0.6 is 11.6 Å². The molecular weight excluding hydrogens is 552 g/mol. The van der Waals surface area contributed by atoms with Crippen molar-refractivity contribution >= 4 is 35.4 Å². The Labute approximate surface area is 253 Å². The van der Waals surface area contributed by atoms with Crippen LogP contribution < -0.4 is 29.4 Å². The number of methoxy groups -OCH3 is 1. The maximum Gasteiger partial charge on any atom is 0.229 e. The molecule has 0 radical (unpaired) electrons. The van der Waals surface area contributed by atoms with E-state index < -0.39 is 0 Å². The van der Waals surface area contributed by atoms with Crippen LogP contribution in [0.15, 0.2) is 41.5 Å². The standard InChI is InChI=1S/C32H41ClN6O3/c1-22(2)25-10-9-23(3)17-27(25)41-15-16-42-31-26(33)18-24(19-28(31)40-4)21-34-37-29-20-30(38-11-5-6-12-38)36-32(35-29)39-13-7-8-14-39/h9-10,17-22H,5-8,11-16H2,1-4H3,(H,35,36,37)/b34-21-. The van der Waals surface area contributed by atoms with Gasteiger partial charge in [0.15, 0.2) is 17.3 Å². The molecule has 2 aliphatic heterocycles.